The zero-order valence-electron chi connectivity index (χ0n) is 15.6. The van der Waals surface area contributed by atoms with E-state index in [1.807, 2.05) is 43.3 Å². The number of Topliss-reactive ketones (excluding diaryl/α,β-unsaturated/α-hetero) is 1. The number of ketones is 1. The smallest absolute Gasteiger partial charge is 0.303 e. The highest BCUT2D eigenvalue weighted by Crippen LogP contribution is 2.19. The van der Waals surface area contributed by atoms with Crippen LogP contribution >= 0.6 is 0 Å². The number of carboxylic acid groups (broad SMARTS) is 1. The van der Waals surface area contributed by atoms with Crippen molar-refractivity contribution < 1.29 is 19.5 Å². The van der Waals surface area contributed by atoms with Crippen LogP contribution in [0.25, 0.3) is 10.9 Å². The lowest BCUT2D eigenvalue weighted by Crippen LogP contribution is -2.25. The lowest BCUT2D eigenvalue weighted by molar-refractivity contribution is -0.136. The molecule has 0 fully saturated rings. The van der Waals surface area contributed by atoms with E-state index in [2.05, 4.69) is 10.3 Å². The number of aryl methyl sites for hydroxylation is 1. The fourth-order valence-corrected chi connectivity index (χ4v) is 3.07. The van der Waals surface area contributed by atoms with Crippen molar-refractivity contribution in [2.24, 2.45) is 0 Å². The van der Waals surface area contributed by atoms with Gasteiger partial charge in [0.2, 0.25) is 0 Å². The summed E-state index contributed by atoms with van der Waals surface area (Å²) < 4.78 is 0. The molecule has 0 radical (unpaired) electrons. The summed E-state index contributed by atoms with van der Waals surface area (Å²) in [6.45, 7) is 2.48. The fraction of sp³-hybridized carbons (Fsp3) is 0.227. The molecule has 0 spiro atoms. The molecule has 2 aromatic carbocycles. The van der Waals surface area contributed by atoms with E-state index >= 15 is 0 Å². The Hall–Kier alpha value is -3.41. The van der Waals surface area contributed by atoms with Crippen molar-refractivity contribution in [3.8, 4) is 0 Å². The van der Waals surface area contributed by atoms with Gasteiger partial charge in [-0.3, -0.25) is 14.4 Å². The molecule has 0 aliphatic carbocycles. The maximum absolute atomic E-state index is 12.4. The molecule has 0 unspecified atom stereocenters. The van der Waals surface area contributed by atoms with Crippen molar-refractivity contribution in [2.75, 3.05) is 6.54 Å². The largest absolute Gasteiger partial charge is 0.481 e. The van der Waals surface area contributed by atoms with E-state index in [4.69, 9.17) is 5.11 Å². The highest BCUT2D eigenvalue weighted by molar-refractivity contribution is 5.99. The molecular weight excluding hydrogens is 356 g/mol. The van der Waals surface area contributed by atoms with E-state index in [-0.39, 0.29) is 24.5 Å². The van der Waals surface area contributed by atoms with Crippen LogP contribution in [0.3, 0.4) is 0 Å². The number of fused-ring (bicyclic) bond motifs is 1. The average molecular weight is 378 g/mol. The normalized spacial score (nSPS) is 10.8. The van der Waals surface area contributed by atoms with Crippen LogP contribution in [0.2, 0.25) is 0 Å². The second-order valence-corrected chi connectivity index (χ2v) is 6.74. The fourth-order valence-electron chi connectivity index (χ4n) is 3.07. The van der Waals surface area contributed by atoms with E-state index in [1.54, 1.807) is 12.1 Å². The molecule has 6 nitrogen and oxygen atoms in total. The number of hydrogen-bond donors (Lipinski definition) is 3. The van der Waals surface area contributed by atoms with Crippen LogP contribution in [-0.2, 0) is 11.2 Å². The van der Waals surface area contributed by atoms with Gasteiger partial charge >= 0.3 is 5.97 Å². The van der Waals surface area contributed by atoms with E-state index in [0.29, 0.717) is 24.2 Å². The number of nitrogens with one attached hydrogen (secondary N) is 2. The first-order valence-corrected chi connectivity index (χ1v) is 9.14. The van der Waals surface area contributed by atoms with Gasteiger partial charge in [0.25, 0.3) is 5.91 Å². The van der Waals surface area contributed by atoms with Gasteiger partial charge in [-0.25, -0.2) is 0 Å². The Balaban J connectivity index is 1.52. The van der Waals surface area contributed by atoms with Crippen LogP contribution in [0.15, 0.2) is 48.5 Å². The third-order valence-electron chi connectivity index (χ3n) is 4.67. The van der Waals surface area contributed by atoms with Gasteiger partial charge in [-0.1, -0.05) is 36.4 Å². The molecule has 0 bridgehead atoms. The summed E-state index contributed by atoms with van der Waals surface area (Å²) in [4.78, 5) is 37.9. The van der Waals surface area contributed by atoms with Crippen LogP contribution in [-0.4, -0.2) is 34.3 Å². The molecule has 0 saturated heterocycles. The lowest BCUT2D eigenvalue weighted by atomic mass is 10.0. The predicted octanol–water partition coefficient (Wildman–Crippen LogP) is 3.50. The topological polar surface area (TPSA) is 99.3 Å². The van der Waals surface area contributed by atoms with Crippen LogP contribution < -0.4 is 5.32 Å². The number of carboxylic acids is 1. The van der Waals surface area contributed by atoms with Gasteiger partial charge in [-0.05, 0) is 36.6 Å². The maximum Gasteiger partial charge on any atom is 0.303 e. The summed E-state index contributed by atoms with van der Waals surface area (Å²) in [6.07, 6.45) is 0.462. The summed E-state index contributed by atoms with van der Waals surface area (Å²) in [6, 6.07) is 14.8. The quantitative estimate of drug-likeness (QED) is 0.522. The van der Waals surface area contributed by atoms with Crippen LogP contribution in [0.4, 0.5) is 0 Å². The summed E-state index contributed by atoms with van der Waals surface area (Å²) in [5.41, 5.74) is 4.08. The summed E-state index contributed by atoms with van der Waals surface area (Å²) in [5, 5.41) is 12.6. The molecular formula is C22H22N2O4. The number of amides is 1. The van der Waals surface area contributed by atoms with Crippen LogP contribution in [0, 0.1) is 6.92 Å². The van der Waals surface area contributed by atoms with Crippen LogP contribution in [0.5, 0.6) is 0 Å². The first kappa shape index (κ1) is 19.4. The third kappa shape index (κ3) is 4.65. The van der Waals surface area contributed by atoms with Crippen molar-refractivity contribution in [1.82, 2.24) is 10.3 Å². The molecule has 3 N–H and O–H groups in total. The van der Waals surface area contributed by atoms with Gasteiger partial charge in [-0.15, -0.1) is 0 Å². The standard InChI is InChI=1S/C22H22N2O4/c1-14-3-2-4-18-17(14)13-19(24-18)22(28)23-12-11-15-5-7-16(8-6-15)20(25)9-10-21(26)27/h2-8,13,24H,9-12H2,1H3,(H,23,28)(H,26,27). The van der Waals surface area contributed by atoms with E-state index in [9.17, 15) is 14.4 Å². The lowest BCUT2D eigenvalue weighted by Gasteiger charge is -2.05. The number of rotatable bonds is 8. The van der Waals surface area contributed by atoms with Crippen molar-refractivity contribution in [1.29, 1.82) is 0 Å². The third-order valence-corrected chi connectivity index (χ3v) is 4.67. The Kier molecular flexibility index (Phi) is 5.89. The van der Waals surface area contributed by atoms with Gasteiger partial charge < -0.3 is 15.4 Å². The molecule has 3 rings (SSSR count). The number of carbonyl (C=O) groups is 3. The van der Waals surface area contributed by atoms with Gasteiger partial charge in [0, 0.05) is 29.4 Å². The number of aromatic nitrogens is 1. The minimum Gasteiger partial charge on any atom is -0.481 e. The molecule has 28 heavy (non-hydrogen) atoms. The van der Waals surface area contributed by atoms with Crippen LogP contribution in [0.1, 0.15) is 44.8 Å². The van der Waals surface area contributed by atoms with Crippen molar-refractivity contribution in [3.63, 3.8) is 0 Å². The number of benzene rings is 2. The minimum absolute atomic E-state index is 0.00525. The molecule has 0 atom stereocenters. The molecule has 6 heteroatoms. The van der Waals surface area contributed by atoms with E-state index < -0.39 is 5.97 Å². The molecule has 144 valence electrons. The predicted molar refractivity (Wildman–Crippen MR) is 107 cm³/mol. The number of aromatic amines is 1. The highest BCUT2D eigenvalue weighted by atomic mass is 16.4. The SMILES string of the molecule is Cc1cccc2[nH]c(C(=O)NCCc3ccc(C(=O)CCC(=O)O)cc3)cc12. The first-order chi connectivity index (χ1) is 13.4. The van der Waals surface area contributed by atoms with Crippen molar-refractivity contribution in [2.45, 2.75) is 26.2 Å². The second kappa shape index (κ2) is 8.52. The van der Waals surface area contributed by atoms with Gasteiger partial charge in [0.1, 0.15) is 5.69 Å². The molecule has 3 aromatic rings. The zero-order valence-corrected chi connectivity index (χ0v) is 15.6. The highest BCUT2D eigenvalue weighted by Gasteiger charge is 2.11. The van der Waals surface area contributed by atoms with E-state index in [0.717, 1.165) is 22.0 Å². The molecule has 0 aliphatic rings. The first-order valence-electron chi connectivity index (χ1n) is 9.14. The Morgan fingerprint density at radius 1 is 1.04 bits per heavy atom. The summed E-state index contributed by atoms with van der Waals surface area (Å²) >= 11 is 0. The Bertz CT molecular complexity index is 1020. The zero-order chi connectivity index (χ0) is 20.1. The Labute approximate surface area is 162 Å². The molecule has 1 amide bonds. The molecule has 1 aromatic heterocycles. The maximum atomic E-state index is 12.4. The monoisotopic (exact) mass is 378 g/mol. The summed E-state index contributed by atoms with van der Waals surface area (Å²) in [7, 11) is 0. The number of carbonyl (C=O) groups excluding carboxylic acids is 2. The molecule has 1 heterocycles. The van der Waals surface area contributed by atoms with Gasteiger partial charge in [0.05, 0.1) is 6.42 Å². The number of hydrogen-bond acceptors (Lipinski definition) is 3. The minimum atomic E-state index is -0.981. The second-order valence-electron chi connectivity index (χ2n) is 6.74. The average Bonchev–Trinajstić information content (AvgIpc) is 3.12. The van der Waals surface area contributed by atoms with Gasteiger partial charge in [0.15, 0.2) is 5.78 Å². The Morgan fingerprint density at radius 3 is 2.46 bits per heavy atom. The van der Waals surface area contributed by atoms with Crippen molar-refractivity contribution >= 4 is 28.6 Å². The van der Waals surface area contributed by atoms with Gasteiger partial charge in [-0.2, -0.15) is 0 Å². The Morgan fingerprint density at radius 2 is 1.79 bits per heavy atom. The summed E-state index contributed by atoms with van der Waals surface area (Å²) in [5.74, 6) is -1.32. The van der Waals surface area contributed by atoms with Crippen molar-refractivity contribution in [3.05, 3.63) is 70.9 Å². The molecule has 0 saturated carbocycles. The molecule has 0 aliphatic heterocycles. The number of aliphatic carboxylic acids is 1. The number of H-pyrrole nitrogens is 1. The van der Waals surface area contributed by atoms with E-state index in [1.165, 1.54) is 0 Å².